The minimum absolute atomic E-state index is 0.0363. The zero-order valence-corrected chi connectivity index (χ0v) is 11.0. The quantitative estimate of drug-likeness (QED) is 0.803. The third-order valence-electron chi connectivity index (χ3n) is 2.53. The van der Waals surface area contributed by atoms with E-state index in [2.05, 4.69) is 10.3 Å². The van der Waals surface area contributed by atoms with Crippen LogP contribution in [0.4, 0.5) is 0 Å². The summed E-state index contributed by atoms with van der Waals surface area (Å²) in [5.74, 6) is 0.807. The van der Waals surface area contributed by atoms with Gasteiger partial charge in [-0.25, -0.2) is 0 Å². The lowest BCUT2D eigenvalue weighted by atomic mass is 10.1. The Kier molecular flexibility index (Phi) is 6.00. The van der Waals surface area contributed by atoms with Gasteiger partial charge in [0, 0.05) is 12.4 Å². The molecule has 17 heavy (non-hydrogen) atoms. The molecule has 1 amide bonds. The Balaban J connectivity index is 2.46. The number of amides is 1. The van der Waals surface area contributed by atoms with Crippen molar-refractivity contribution in [3.8, 4) is 0 Å². The van der Waals surface area contributed by atoms with Gasteiger partial charge >= 0.3 is 0 Å². The Morgan fingerprint density at radius 3 is 2.76 bits per heavy atom. The molecule has 0 saturated carbocycles. The molecule has 4 nitrogen and oxygen atoms in total. The van der Waals surface area contributed by atoms with Crippen LogP contribution >= 0.6 is 11.8 Å². The van der Waals surface area contributed by atoms with Gasteiger partial charge in [-0.2, -0.15) is 11.8 Å². The number of nitrogens with two attached hydrogens (primary N) is 1. The molecule has 0 spiro atoms. The molecule has 1 rings (SSSR count). The smallest absolute Gasteiger partial charge is 0.237 e. The largest absolute Gasteiger partial charge is 0.348 e. The summed E-state index contributed by atoms with van der Waals surface area (Å²) < 4.78 is 0. The minimum Gasteiger partial charge on any atom is -0.348 e. The summed E-state index contributed by atoms with van der Waals surface area (Å²) in [5, 5.41) is 2.90. The first-order chi connectivity index (χ1) is 8.15. The number of carbonyl (C=O) groups is 1. The third kappa shape index (κ3) is 4.75. The van der Waals surface area contributed by atoms with Gasteiger partial charge in [-0.1, -0.05) is 0 Å². The minimum atomic E-state index is -0.424. The lowest BCUT2D eigenvalue weighted by Gasteiger charge is -2.17. The van der Waals surface area contributed by atoms with Crippen LogP contribution in [0.3, 0.4) is 0 Å². The monoisotopic (exact) mass is 253 g/mol. The molecule has 0 saturated heterocycles. The van der Waals surface area contributed by atoms with Crippen molar-refractivity contribution in [2.24, 2.45) is 5.73 Å². The Bertz CT molecular complexity index is 345. The van der Waals surface area contributed by atoms with Crippen LogP contribution in [-0.4, -0.2) is 28.9 Å². The molecule has 0 aliphatic carbocycles. The summed E-state index contributed by atoms with van der Waals surface area (Å²) in [4.78, 5) is 15.7. The van der Waals surface area contributed by atoms with E-state index >= 15 is 0 Å². The maximum absolute atomic E-state index is 11.8. The highest BCUT2D eigenvalue weighted by atomic mass is 32.2. The predicted molar refractivity (Wildman–Crippen MR) is 71.8 cm³/mol. The number of rotatable bonds is 6. The summed E-state index contributed by atoms with van der Waals surface area (Å²) in [6.45, 7) is 1.94. The Labute approximate surface area is 106 Å². The summed E-state index contributed by atoms with van der Waals surface area (Å²) in [6, 6.07) is 3.31. The predicted octanol–water partition coefficient (Wildman–Crippen LogP) is 1.34. The van der Waals surface area contributed by atoms with Gasteiger partial charge in [0.1, 0.15) is 0 Å². The van der Waals surface area contributed by atoms with Gasteiger partial charge in [-0.05, 0) is 43.0 Å². The Morgan fingerprint density at radius 2 is 2.18 bits per heavy atom. The second-order valence-corrected chi connectivity index (χ2v) is 4.88. The molecule has 0 radical (unpaired) electrons. The fourth-order valence-corrected chi connectivity index (χ4v) is 1.92. The maximum Gasteiger partial charge on any atom is 0.237 e. The SMILES string of the molecule is CSCC[C@H](N)C(=O)N[C@@H](C)c1ccncc1. The number of carbonyl (C=O) groups excluding carboxylic acids is 1. The molecule has 1 heterocycles. The number of aromatic nitrogens is 1. The molecule has 1 aromatic rings. The van der Waals surface area contributed by atoms with Gasteiger partial charge in [-0.3, -0.25) is 9.78 Å². The number of thioether (sulfide) groups is 1. The molecule has 3 N–H and O–H groups in total. The van der Waals surface area contributed by atoms with E-state index in [4.69, 9.17) is 5.73 Å². The zero-order chi connectivity index (χ0) is 12.7. The standard InChI is InChI=1S/C12H19N3OS/c1-9(10-3-6-14-7-4-10)15-12(16)11(13)5-8-17-2/h3-4,6-7,9,11H,5,8,13H2,1-2H3,(H,15,16)/t9-,11-/m0/s1. The van der Waals surface area contributed by atoms with Gasteiger partial charge in [0.25, 0.3) is 0 Å². The van der Waals surface area contributed by atoms with Gasteiger partial charge < -0.3 is 11.1 Å². The first kappa shape index (κ1) is 14.0. The van der Waals surface area contributed by atoms with Gasteiger partial charge in [0.2, 0.25) is 5.91 Å². The summed E-state index contributed by atoms with van der Waals surface area (Å²) in [6.07, 6.45) is 6.14. The number of nitrogens with zero attached hydrogens (tertiary/aromatic N) is 1. The molecular formula is C12H19N3OS. The second-order valence-electron chi connectivity index (χ2n) is 3.90. The Hall–Kier alpha value is -1.07. The molecule has 0 fully saturated rings. The van der Waals surface area contributed by atoms with Crippen LogP contribution in [0.25, 0.3) is 0 Å². The van der Waals surface area contributed by atoms with Crippen molar-refractivity contribution in [3.05, 3.63) is 30.1 Å². The van der Waals surface area contributed by atoms with Crippen LogP contribution in [0.1, 0.15) is 24.9 Å². The normalized spacial score (nSPS) is 14.1. The molecule has 94 valence electrons. The summed E-state index contributed by atoms with van der Waals surface area (Å²) >= 11 is 1.69. The third-order valence-corrected chi connectivity index (χ3v) is 3.18. The van der Waals surface area contributed by atoms with Gasteiger partial charge in [0.05, 0.1) is 12.1 Å². The topological polar surface area (TPSA) is 68.0 Å². The van der Waals surface area contributed by atoms with Crippen molar-refractivity contribution >= 4 is 17.7 Å². The zero-order valence-electron chi connectivity index (χ0n) is 10.2. The van der Waals surface area contributed by atoms with E-state index in [1.165, 1.54) is 0 Å². The highest BCUT2D eigenvalue weighted by Gasteiger charge is 2.15. The molecule has 0 aliphatic heterocycles. The molecular weight excluding hydrogens is 234 g/mol. The number of hydrogen-bond donors (Lipinski definition) is 2. The highest BCUT2D eigenvalue weighted by molar-refractivity contribution is 7.98. The average Bonchev–Trinajstić information content (AvgIpc) is 2.36. The first-order valence-corrected chi connectivity index (χ1v) is 6.99. The van der Waals surface area contributed by atoms with Crippen LogP contribution in [0, 0.1) is 0 Å². The number of nitrogens with one attached hydrogen (secondary N) is 1. The molecule has 0 aliphatic rings. The van der Waals surface area contributed by atoms with Crippen LogP contribution in [-0.2, 0) is 4.79 Å². The van der Waals surface area contributed by atoms with E-state index in [-0.39, 0.29) is 11.9 Å². The van der Waals surface area contributed by atoms with Crippen LogP contribution in [0.5, 0.6) is 0 Å². The van der Waals surface area contributed by atoms with E-state index in [0.717, 1.165) is 11.3 Å². The van der Waals surface area contributed by atoms with Crippen molar-refractivity contribution in [1.29, 1.82) is 0 Å². The van der Waals surface area contributed by atoms with Crippen molar-refractivity contribution in [2.75, 3.05) is 12.0 Å². The van der Waals surface area contributed by atoms with Crippen molar-refractivity contribution < 1.29 is 4.79 Å². The maximum atomic E-state index is 11.8. The molecule has 0 unspecified atom stereocenters. The summed E-state index contributed by atoms with van der Waals surface area (Å²) in [7, 11) is 0. The van der Waals surface area contributed by atoms with Crippen LogP contribution in [0.15, 0.2) is 24.5 Å². The first-order valence-electron chi connectivity index (χ1n) is 5.60. The van der Waals surface area contributed by atoms with E-state index in [0.29, 0.717) is 6.42 Å². The van der Waals surface area contributed by atoms with Crippen LogP contribution in [0.2, 0.25) is 0 Å². The van der Waals surface area contributed by atoms with Gasteiger partial charge in [-0.15, -0.1) is 0 Å². The van der Waals surface area contributed by atoms with Crippen molar-refractivity contribution in [3.63, 3.8) is 0 Å². The molecule has 1 aromatic heterocycles. The molecule has 5 heteroatoms. The van der Waals surface area contributed by atoms with Crippen molar-refractivity contribution in [2.45, 2.75) is 25.4 Å². The number of pyridine rings is 1. The lowest BCUT2D eigenvalue weighted by molar-refractivity contribution is -0.123. The second kappa shape index (κ2) is 7.29. The van der Waals surface area contributed by atoms with Gasteiger partial charge in [0.15, 0.2) is 0 Å². The van der Waals surface area contributed by atoms with Crippen LogP contribution < -0.4 is 11.1 Å². The summed E-state index contributed by atoms with van der Waals surface area (Å²) in [5.41, 5.74) is 6.82. The Morgan fingerprint density at radius 1 is 1.53 bits per heavy atom. The van der Waals surface area contributed by atoms with E-state index in [1.54, 1.807) is 24.2 Å². The fourth-order valence-electron chi connectivity index (χ4n) is 1.43. The number of hydrogen-bond acceptors (Lipinski definition) is 4. The van der Waals surface area contributed by atoms with E-state index in [1.807, 2.05) is 25.3 Å². The van der Waals surface area contributed by atoms with Crippen molar-refractivity contribution in [1.82, 2.24) is 10.3 Å². The molecule has 0 bridgehead atoms. The highest BCUT2D eigenvalue weighted by Crippen LogP contribution is 2.10. The average molecular weight is 253 g/mol. The molecule has 0 aromatic carbocycles. The lowest BCUT2D eigenvalue weighted by Crippen LogP contribution is -2.41. The molecule has 2 atom stereocenters. The van der Waals surface area contributed by atoms with E-state index < -0.39 is 6.04 Å². The fraction of sp³-hybridized carbons (Fsp3) is 0.500. The van der Waals surface area contributed by atoms with E-state index in [9.17, 15) is 4.79 Å².